The van der Waals surface area contributed by atoms with Crippen molar-refractivity contribution in [2.75, 3.05) is 0 Å². The largest absolute Gasteiger partial charge is 0.480 e. The number of hydrogen-bond acceptors (Lipinski definition) is 3. The van der Waals surface area contributed by atoms with E-state index in [0.717, 1.165) is 16.3 Å². The molecule has 0 fully saturated rings. The van der Waals surface area contributed by atoms with Gasteiger partial charge < -0.3 is 4.74 Å². The Morgan fingerprint density at radius 2 is 1.82 bits per heavy atom. The molecule has 0 aliphatic carbocycles. The van der Waals surface area contributed by atoms with E-state index in [-0.39, 0.29) is 12.3 Å². The Labute approximate surface area is 176 Å². The van der Waals surface area contributed by atoms with E-state index in [0.29, 0.717) is 15.2 Å². The van der Waals surface area contributed by atoms with E-state index in [1.54, 1.807) is 25.1 Å². The third kappa shape index (κ3) is 5.03. The van der Waals surface area contributed by atoms with Crippen LogP contribution in [0.25, 0.3) is 10.8 Å². The Balaban J connectivity index is 1.55. The average Bonchev–Trinajstić information content (AvgIpc) is 2.68. The van der Waals surface area contributed by atoms with Crippen molar-refractivity contribution >= 4 is 50.1 Å². The smallest absolute Gasteiger partial charge is 0.279 e. The summed E-state index contributed by atoms with van der Waals surface area (Å²) in [4.78, 5) is 24.4. The second kappa shape index (κ2) is 9.08. The summed E-state index contributed by atoms with van der Waals surface area (Å²) in [7, 11) is 0. The lowest BCUT2D eigenvalue weighted by Crippen LogP contribution is -2.47. The topological polar surface area (TPSA) is 67.4 Å². The van der Waals surface area contributed by atoms with Gasteiger partial charge >= 0.3 is 0 Å². The first kappa shape index (κ1) is 20.2. The van der Waals surface area contributed by atoms with Crippen LogP contribution in [0.15, 0.2) is 65.1 Å². The van der Waals surface area contributed by atoms with Crippen LogP contribution >= 0.6 is 27.5 Å². The molecule has 0 saturated heterocycles. The van der Waals surface area contributed by atoms with Crippen molar-refractivity contribution in [1.82, 2.24) is 10.9 Å². The van der Waals surface area contributed by atoms with Crippen LogP contribution in [-0.2, 0) is 16.0 Å². The van der Waals surface area contributed by atoms with Crippen LogP contribution in [0.1, 0.15) is 12.5 Å². The normalized spacial score (nSPS) is 11.7. The summed E-state index contributed by atoms with van der Waals surface area (Å²) in [6.45, 7) is 1.59. The van der Waals surface area contributed by atoms with Gasteiger partial charge in [-0.25, -0.2) is 0 Å². The van der Waals surface area contributed by atoms with Crippen LogP contribution in [0.4, 0.5) is 0 Å². The van der Waals surface area contributed by atoms with Gasteiger partial charge in [-0.2, -0.15) is 0 Å². The Morgan fingerprint density at radius 3 is 2.61 bits per heavy atom. The number of hydrazine groups is 1. The maximum atomic E-state index is 12.2. The number of hydrogen-bond donors (Lipinski definition) is 2. The zero-order chi connectivity index (χ0) is 20.1. The first-order chi connectivity index (χ1) is 13.4. The summed E-state index contributed by atoms with van der Waals surface area (Å²) >= 11 is 9.22. The van der Waals surface area contributed by atoms with E-state index in [1.165, 1.54) is 0 Å². The minimum absolute atomic E-state index is 0.152. The number of halogens is 2. The number of benzene rings is 3. The lowest BCUT2D eigenvalue weighted by molar-refractivity contribution is -0.132. The van der Waals surface area contributed by atoms with Crippen LogP contribution in [0.2, 0.25) is 5.02 Å². The van der Waals surface area contributed by atoms with Gasteiger partial charge in [-0.15, -0.1) is 0 Å². The van der Waals surface area contributed by atoms with Crippen molar-refractivity contribution in [2.45, 2.75) is 19.4 Å². The van der Waals surface area contributed by atoms with Crippen molar-refractivity contribution in [3.05, 3.63) is 75.7 Å². The molecule has 0 spiro atoms. The van der Waals surface area contributed by atoms with Gasteiger partial charge in [-0.05, 0) is 57.4 Å². The Morgan fingerprint density at radius 1 is 1.07 bits per heavy atom. The molecule has 3 rings (SSSR count). The monoisotopic (exact) mass is 460 g/mol. The summed E-state index contributed by atoms with van der Waals surface area (Å²) in [5.41, 5.74) is 5.72. The molecule has 28 heavy (non-hydrogen) atoms. The van der Waals surface area contributed by atoms with E-state index in [1.807, 2.05) is 42.5 Å². The molecule has 0 saturated carbocycles. The lowest BCUT2D eigenvalue weighted by atomic mass is 10.0. The number of amides is 2. The molecular weight excluding hydrogens is 444 g/mol. The molecule has 3 aromatic carbocycles. The quantitative estimate of drug-likeness (QED) is 0.553. The number of nitrogens with one attached hydrogen (secondary N) is 2. The molecule has 2 amide bonds. The maximum absolute atomic E-state index is 12.2. The highest BCUT2D eigenvalue weighted by Crippen LogP contribution is 2.28. The number of carbonyl (C=O) groups excluding carboxylic acids is 2. The summed E-state index contributed by atoms with van der Waals surface area (Å²) in [5, 5.41) is 2.63. The highest BCUT2D eigenvalue weighted by Gasteiger charge is 2.17. The van der Waals surface area contributed by atoms with Crippen molar-refractivity contribution in [2.24, 2.45) is 0 Å². The Bertz CT molecular complexity index is 1020. The standard InChI is InChI=1S/C21H18BrClN2O3/c1-13(28-19-10-9-16(23)12-18(19)22)21(27)25-24-20(26)11-15-7-4-6-14-5-2-3-8-17(14)15/h2-10,12-13H,11H2,1H3,(H,24,26)(H,25,27). The van der Waals surface area contributed by atoms with Crippen molar-refractivity contribution in [3.63, 3.8) is 0 Å². The van der Waals surface area contributed by atoms with Crippen molar-refractivity contribution < 1.29 is 14.3 Å². The molecule has 3 aromatic rings. The number of fused-ring (bicyclic) bond motifs is 1. The SMILES string of the molecule is CC(Oc1ccc(Cl)cc1Br)C(=O)NNC(=O)Cc1cccc2ccccc12. The predicted octanol–water partition coefficient (Wildman–Crippen LogP) is 4.41. The van der Waals surface area contributed by atoms with E-state index in [2.05, 4.69) is 26.8 Å². The highest BCUT2D eigenvalue weighted by molar-refractivity contribution is 9.10. The highest BCUT2D eigenvalue weighted by atomic mass is 79.9. The molecule has 1 atom stereocenters. The molecule has 2 N–H and O–H groups in total. The molecule has 1 unspecified atom stereocenters. The fourth-order valence-electron chi connectivity index (χ4n) is 2.71. The second-order valence-corrected chi connectivity index (χ2v) is 7.48. The van der Waals surface area contributed by atoms with Gasteiger partial charge in [0.25, 0.3) is 5.91 Å². The van der Waals surface area contributed by atoms with Gasteiger partial charge in [0, 0.05) is 5.02 Å². The fourth-order valence-corrected chi connectivity index (χ4v) is 3.49. The van der Waals surface area contributed by atoms with Gasteiger partial charge in [0.05, 0.1) is 10.9 Å². The zero-order valence-electron chi connectivity index (χ0n) is 15.0. The third-order valence-corrected chi connectivity index (χ3v) is 4.98. The van der Waals surface area contributed by atoms with Crippen molar-refractivity contribution in [3.8, 4) is 5.75 Å². The van der Waals surface area contributed by atoms with E-state index in [4.69, 9.17) is 16.3 Å². The number of rotatable bonds is 5. The summed E-state index contributed by atoms with van der Waals surface area (Å²) in [6, 6.07) is 18.6. The molecule has 0 bridgehead atoms. The van der Waals surface area contributed by atoms with Crippen LogP contribution in [0, 0.1) is 0 Å². The molecule has 0 heterocycles. The summed E-state index contributed by atoms with van der Waals surface area (Å²) < 4.78 is 6.24. The number of ether oxygens (including phenoxy) is 1. The zero-order valence-corrected chi connectivity index (χ0v) is 17.4. The first-order valence-electron chi connectivity index (χ1n) is 8.61. The van der Waals surface area contributed by atoms with Gasteiger partial charge in [-0.3, -0.25) is 20.4 Å². The van der Waals surface area contributed by atoms with Gasteiger partial charge in [-0.1, -0.05) is 54.1 Å². The van der Waals surface area contributed by atoms with Crippen molar-refractivity contribution in [1.29, 1.82) is 0 Å². The van der Waals surface area contributed by atoms with Crippen LogP contribution in [0.3, 0.4) is 0 Å². The molecule has 0 radical (unpaired) electrons. The molecule has 0 aliphatic heterocycles. The molecule has 0 aromatic heterocycles. The second-order valence-electron chi connectivity index (χ2n) is 6.19. The first-order valence-corrected chi connectivity index (χ1v) is 9.78. The third-order valence-electron chi connectivity index (χ3n) is 4.12. The van der Waals surface area contributed by atoms with E-state index in [9.17, 15) is 9.59 Å². The molecule has 144 valence electrons. The summed E-state index contributed by atoms with van der Waals surface area (Å²) in [6.07, 6.45) is -0.657. The maximum Gasteiger partial charge on any atom is 0.279 e. The minimum Gasteiger partial charge on any atom is -0.480 e. The van der Waals surface area contributed by atoms with Gasteiger partial charge in [0.15, 0.2) is 6.10 Å². The van der Waals surface area contributed by atoms with Gasteiger partial charge in [0.1, 0.15) is 5.75 Å². The van der Waals surface area contributed by atoms with Crippen LogP contribution in [0.5, 0.6) is 5.75 Å². The van der Waals surface area contributed by atoms with E-state index >= 15 is 0 Å². The number of carbonyl (C=O) groups is 2. The molecule has 7 heteroatoms. The molecule has 5 nitrogen and oxygen atoms in total. The molecular formula is C21H18BrClN2O3. The lowest BCUT2D eigenvalue weighted by Gasteiger charge is -2.16. The fraction of sp³-hybridized carbons (Fsp3) is 0.143. The Hall–Kier alpha value is -2.57. The van der Waals surface area contributed by atoms with Crippen LogP contribution in [-0.4, -0.2) is 17.9 Å². The minimum atomic E-state index is -0.810. The average molecular weight is 462 g/mol. The van der Waals surface area contributed by atoms with Gasteiger partial charge in [0.2, 0.25) is 5.91 Å². The molecule has 0 aliphatic rings. The predicted molar refractivity (Wildman–Crippen MR) is 113 cm³/mol. The van der Waals surface area contributed by atoms with Crippen LogP contribution < -0.4 is 15.6 Å². The summed E-state index contributed by atoms with van der Waals surface area (Å²) in [5.74, 6) is -0.299. The van der Waals surface area contributed by atoms with E-state index < -0.39 is 12.0 Å². The Kier molecular flexibility index (Phi) is 6.54.